The van der Waals surface area contributed by atoms with Crippen molar-refractivity contribution >= 4 is 23.5 Å². The average molecular weight is 363 g/mol. The maximum Gasteiger partial charge on any atom is 0.319 e. The zero-order valence-corrected chi connectivity index (χ0v) is 15.9. The topological polar surface area (TPSA) is 104 Å². The molecule has 4 amide bonds. The van der Waals surface area contributed by atoms with Crippen molar-refractivity contribution in [3.63, 3.8) is 0 Å². The molecule has 1 unspecified atom stereocenters. The lowest BCUT2D eigenvalue weighted by atomic mass is 10.1. The minimum absolute atomic E-state index is 0.0119. The van der Waals surface area contributed by atoms with E-state index in [-0.39, 0.29) is 36.3 Å². The van der Waals surface area contributed by atoms with Crippen molar-refractivity contribution < 1.29 is 14.4 Å². The molecule has 0 spiro atoms. The van der Waals surface area contributed by atoms with Crippen LogP contribution in [0.2, 0.25) is 0 Å². The molecule has 0 bridgehead atoms. The molecule has 0 saturated heterocycles. The van der Waals surface area contributed by atoms with Gasteiger partial charge in [-0.1, -0.05) is 13.8 Å². The summed E-state index contributed by atoms with van der Waals surface area (Å²) in [5.41, 5.74) is 0.969. The van der Waals surface area contributed by atoms with Crippen LogP contribution in [0.4, 0.5) is 10.5 Å². The molecule has 0 aromatic carbocycles. The van der Waals surface area contributed by atoms with E-state index in [0.29, 0.717) is 30.4 Å². The van der Waals surface area contributed by atoms with Crippen molar-refractivity contribution in [1.29, 1.82) is 0 Å². The van der Waals surface area contributed by atoms with Gasteiger partial charge in [0.05, 0.1) is 11.7 Å². The highest BCUT2D eigenvalue weighted by atomic mass is 16.2. The number of nitrogens with one attached hydrogen (secondary N) is 4. The first kappa shape index (κ1) is 19.8. The van der Waals surface area contributed by atoms with Crippen LogP contribution in [0.5, 0.6) is 0 Å². The van der Waals surface area contributed by atoms with E-state index in [2.05, 4.69) is 35.1 Å². The summed E-state index contributed by atoms with van der Waals surface area (Å²) < 4.78 is 1.77. The van der Waals surface area contributed by atoms with Crippen LogP contribution in [0.1, 0.15) is 57.1 Å². The number of rotatable bonds is 7. The fourth-order valence-corrected chi connectivity index (χ4v) is 2.82. The normalized spacial score (nSPS) is 16.2. The van der Waals surface area contributed by atoms with Gasteiger partial charge in [0.15, 0.2) is 0 Å². The van der Waals surface area contributed by atoms with Crippen molar-refractivity contribution in [2.45, 2.75) is 52.6 Å². The Morgan fingerprint density at radius 3 is 2.69 bits per heavy atom. The highest BCUT2D eigenvalue weighted by molar-refractivity contribution is 5.97. The summed E-state index contributed by atoms with van der Waals surface area (Å²) in [6, 6.07) is 1.13. The van der Waals surface area contributed by atoms with E-state index in [1.807, 2.05) is 13.8 Å². The molecule has 26 heavy (non-hydrogen) atoms. The molecular weight excluding hydrogens is 334 g/mol. The van der Waals surface area contributed by atoms with Gasteiger partial charge in [0.1, 0.15) is 5.69 Å². The summed E-state index contributed by atoms with van der Waals surface area (Å²) in [5, 5.41) is 11.2. The molecule has 4 N–H and O–H groups in total. The van der Waals surface area contributed by atoms with Gasteiger partial charge in [-0.05, 0) is 32.3 Å². The third-order valence-corrected chi connectivity index (χ3v) is 4.12. The standard InChI is InChI=1S/C18H29N5O3/c1-11(2)5-6-19-16(24)8-14-9-20-17(25)15-7-13(10-23(14)15)22-18(26)21-12(3)4/h7,10-12,14H,5-6,8-9H2,1-4H3,(H,19,24)(H,20,25)(H2,21,22,26). The Hall–Kier alpha value is -2.51. The molecule has 1 aliphatic heterocycles. The average Bonchev–Trinajstić information content (AvgIpc) is 2.93. The van der Waals surface area contributed by atoms with Crippen LogP contribution in [0.25, 0.3) is 0 Å². The van der Waals surface area contributed by atoms with E-state index in [1.165, 1.54) is 0 Å². The van der Waals surface area contributed by atoms with Crippen LogP contribution < -0.4 is 21.3 Å². The van der Waals surface area contributed by atoms with E-state index in [9.17, 15) is 14.4 Å². The fraction of sp³-hybridized carbons (Fsp3) is 0.611. The number of hydrogen-bond acceptors (Lipinski definition) is 3. The van der Waals surface area contributed by atoms with Crippen molar-refractivity contribution in [3.05, 3.63) is 18.0 Å². The van der Waals surface area contributed by atoms with E-state index in [1.54, 1.807) is 16.8 Å². The van der Waals surface area contributed by atoms with Gasteiger partial charge in [-0.15, -0.1) is 0 Å². The quantitative estimate of drug-likeness (QED) is 0.594. The summed E-state index contributed by atoms with van der Waals surface area (Å²) in [4.78, 5) is 36.1. The number of nitrogens with zero attached hydrogens (tertiary/aromatic N) is 1. The van der Waals surface area contributed by atoms with Gasteiger partial charge in [-0.25, -0.2) is 4.79 Å². The van der Waals surface area contributed by atoms with Crippen LogP contribution in [-0.4, -0.2) is 41.5 Å². The maximum atomic E-state index is 12.2. The minimum Gasteiger partial charge on any atom is -0.356 e. The molecule has 0 saturated carbocycles. The number of hydrogen-bond donors (Lipinski definition) is 4. The molecule has 8 heteroatoms. The molecule has 1 atom stereocenters. The predicted octanol–water partition coefficient (Wildman–Crippen LogP) is 1.85. The van der Waals surface area contributed by atoms with Crippen LogP contribution >= 0.6 is 0 Å². The first-order valence-electron chi connectivity index (χ1n) is 9.10. The molecule has 0 radical (unpaired) electrons. The Morgan fingerprint density at radius 1 is 1.31 bits per heavy atom. The number of amides is 4. The summed E-state index contributed by atoms with van der Waals surface area (Å²) in [6.07, 6.45) is 2.92. The van der Waals surface area contributed by atoms with Gasteiger partial charge in [-0.2, -0.15) is 0 Å². The maximum absolute atomic E-state index is 12.2. The van der Waals surface area contributed by atoms with Gasteiger partial charge >= 0.3 is 6.03 Å². The summed E-state index contributed by atoms with van der Waals surface area (Å²) in [6.45, 7) is 8.99. The molecule has 0 fully saturated rings. The lowest BCUT2D eigenvalue weighted by molar-refractivity contribution is -0.121. The number of fused-ring (bicyclic) bond motifs is 1. The zero-order chi connectivity index (χ0) is 19.3. The number of carbonyl (C=O) groups excluding carboxylic acids is 3. The summed E-state index contributed by atoms with van der Waals surface area (Å²) in [7, 11) is 0. The van der Waals surface area contributed by atoms with E-state index in [4.69, 9.17) is 0 Å². The molecule has 1 aromatic rings. The highest BCUT2D eigenvalue weighted by Gasteiger charge is 2.27. The second-order valence-electron chi connectivity index (χ2n) is 7.37. The van der Waals surface area contributed by atoms with Crippen molar-refractivity contribution in [3.8, 4) is 0 Å². The summed E-state index contributed by atoms with van der Waals surface area (Å²) >= 11 is 0. The lowest BCUT2D eigenvalue weighted by Crippen LogP contribution is -2.40. The molecule has 144 valence electrons. The Kier molecular flexibility index (Phi) is 6.65. The lowest BCUT2D eigenvalue weighted by Gasteiger charge is -2.26. The third kappa shape index (κ3) is 5.50. The van der Waals surface area contributed by atoms with Crippen LogP contribution in [0.15, 0.2) is 12.3 Å². The largest absolute Gasteiger partial charge is 0.356 e. The number of anilines is 1. The van der Waals surface area contributed by atoms with Crippen molar-refractivity contribution in [2.75, 3.05) is 18.4 Å². The molecule has 2 heterocycles. The molecule has 0 aliphatic carbocycles. The van der Waals surface area contributed by atoms with Gasteiger partial charge in [0.2, 0.25) is 5.91 Å². The second kappa shape index (κ2) is 8.73. The second-order valence-corrected chi connectivity index (χ2v) is 7.37. The van der Waals surface area contributed by atoms with E-state index in [0.717, 1.165) is 6.42 Å². The van der Waals surface area contributed by atoms with Gasteiger partial charge in [0, 0.05) is 31.7 Å². The fourth-order valence-electron chi connectivity index (χ4n) is 2.82. The van der Waals surface area contributed by atoms with Crippen LogP contribution in [-0.2, 0) is 4.79 Å². The number of urea groups is 1. The Labute approximate surface area is 154 Å². The SMILES string of the molecule is CC(C)CCNC(=O)CC1CNC(=O)c2cc(NC(=O)NC(C)C)cn21. The minimum atomic E-state index is -0.327. The Bertz CT molecular complexity index is 666. The monoisotopic (exact) mass is 363 g/mol. The van der Waals surface area contributed by atoms with E-state index >= 15 is 0 Å². The first-order valence-corrected chi connectivity index (χ1v) is 9.10. The Morgan fingerprint density at radius 2 is 2.04 bits per heavy atom. The van der Waals surface area contributed by atoms with Crippen molar-refractivity contribution in [2.24, 2.45) is 5.92 Å². The molecule has 8 nitrogen and oxygen atoms in total. The predicted molar refractivity (Wildman–Crippen MR) is 100 cm³/mol. The van der Waals surface area contributed by atoms with Crippen molar-refractivity contribution in [1.82, 2.24) is 20.5 Å². The van der Waals surface area contributed by atoms with Gasteiger partial charge < -0.3 is 25.8 Å². The zero-order valence-electron chi connectivity index (χ0n) is 15.9. The molecule has 1 aliphatic rings. The first-order chi connectivity index (χ1) is 12.3. The third-order valence-electron chi connectivity index (χ3n) is 4.12. The van der Waals surface area contributed by atoms with Crippen LogP contribution in [0.3, 0.4) is 0 Å². The summed E-state index contributed by atoms with van der Waals surface area (Å²) in [5.74, 6) is 0.281. The number of carbonyl (C=O) groups is 3. The van der Waals surface area contributed by atoms with Crippen LogP contribution in [0, 0.1) is 5.92 Å². The number of aromatic nitrogens is 1. The smallest absolute Gasteiger partial charge is 0.319 e. The van der Waals surface area contributed by atoms with Gasteiger partial charge in [-0.3, -0.25) is 9.59 Å². The molecular formula is C18H29N5O3. The van der Waals surface area contributed by atoms with Gasteiger partial charge in [0.25, 0.3) is 5.91 Å². The Balaban J connectivity index is 2.02. The molecule has 2 rings (SSSR count). The van der Waals surface area contributed by atoms with E-state index < -0.39 is 0 Å². The highest BCUT2D eigenvalue weighted by Crippen LogP contribution is 2.24. The molecule has 1 aromatic heterocycles.